The molecule has 0 bridgehead atoms. The molecule has 6 nitrogen and oxygen atoms in total. The van der Waals surface area contributed by atoms with Crippen LogP contribution >= 0.6 is 0 Å². The van der Waals surface area contributed by atoms with Crippen molar-refractivity contribution >= 4 is 11.8 Å². The van der Waals surface area contributed by atoms with Crippen molar-refractivity contribution in [2.24, 2.45) is 11.7 Å². The van der Waals surface area contributed by atoms with Gasteiger partial charge in [-0.05, 0) is 34.7 Å². The van der Waals surface area contributed by atoms with Gasteiger partial charge in [0, 0.05) is 31.8 Å². The second kappa shape index (κ2) is 8.52. The number of aromatic nitrogens is 1. The van der Waals surface area contributed by atoms with Crippen LogP contribution in [-0.4, -0.2) is 47.0 Å². The van der Waals surface area contributed by atoms with Gasteiger partial charge in [0.2, 0.25) is 5.91 Å². The number of morpholine rings is 1. The minimum absolute atomic E-state index is 0.0365. The van der Waals surface area contributed by atoms with Crippen LogP contribution in [-0.2, 0) is 20.7 Å². The Bertz CT molecular complexity index is 838. The third kappa shape index (κ3) is 4.57. The standard InChI is InChI=1S/C22H27N3O3/c1-16(2)12-20(26)25-10-11-28-22(15-25,21(23)27)14-17-4-3-5-19(13-17)18-6-8-24-9-7-18/h3-9,13,16H,10-12,14-15H2,1-2H3,(H2,23,27). The van der Waals surface area contributed by atoms with Crippen molar-refractivity contribution in [2.75, 3.05) is 19.7 Å². The molecule has 1 saturated heterocycles. The molecule has 148 valence electrons. The van der Waals surface area contributed by atoms with E-state index in [-0.39, 0.29) is 18.4 Å². The molecular formula is C22H27N3O3. The van der Waals surface area contributed by atoms with Crippen LogP contribution in [0.25, 0.3) is 11.1 Å². The fourth-order valence-electron chi connectivity index (χ4n) is 3.55. The summed E-state index contributed by atoms with van der Waals surface area (Å²) >= 11 is 0. The molecule has 3 rings (SSSR count). The zero-order chi connectivity index (χ0) is 20.1. The number of amides is 2. The molecule has 0 spiro atoms. The lowest BCUT2D eigenvalue weighted by Gasteiger charge is -2.41. The highest BCUT2D eigenvalue weighted by atomic mass is 16.5. The number of hydrogen-bond donors (Lipinski definition) is 1. The Morgan fingerprint density at radius 3 is 2.64 bits per heavy atom. The summed E-state index contributed by atoms with van der Waals surface area (Å²) in [6.07, 6.45) is 4.27. The van der Waals surface area contributed by atoms with Crippen LogP contribution in [0.5, 0.6) is 0 Å². The van der Waals surface area contributed by atoms with Crippen LogP contribution in [0.15, 0.2) is 48.8 Å². The zero-order valence-electron chi connectivity index (χ0n) is 16.4. The molecule has 2 aromatic rings. The van der Waals surface area contributed by atoms with E-state index in [2.05, 4.69) is 4.98 Å². The SMILES string of the molecule is CC(C)CC(=O)N1CCOC(Cc2cccc(-c3ccncc3)c2)(C(N)=O)C1. The molecule has 0 radical (unpaired) electrons. The first kappa shape index (κ1) is 20.0. The Hall–Kier alpha value is -2.73. The average molecular weight is 381 g/mol. The van der Waals surface area contributed by atoms with Gasteiger partial charge in [-0.2, -0.15) is 0 Å². The van der Waals surface area contributed by atoms with E-state index >= 15 is 0 Å². The number of primary amides is 1. The van der Waals surface area contributed by atoms with E-state index in [1.54, 1.807) is 17.3 Å². The summed E-state index contributed by atoms with van der Waals surface area (Å²) in [5.41, 5.74) is 7.56. The van der Waals surface area contributed by atoms with Crippen molar-refractivity contribution in [1.82, 2.24) is 9.88 Å². The number of carbonyl (C=O) groups excluding carboxylic acids is 2. The minimum Gasteiger partial charge on any atom is -0.367 e. The number of ether oxygens (including phenoxy) is 1. The summed E-state index contributed by atoms with van der Waals surface area (Å²) in [5, 5.41) is 0. The largest absolute Gasteiger partial charge is 0.367 e. The number of rotatable bonds is 6. The lowest BCUT2D eigenvalue weighted by molar-refractivity contribution is -0.163. The summed E-state index contributed by atoms with van der Waals surface area (Å²) in [6.45, 7) is 4.98. The molecule has 1 atom stereocenters. The van der Waals surface area contributed by atoms with Gasteiger partial charge in [0.1, 0.15) is 0 Å². The molecule has 1 unspecified atom stereocenters. The fourth-order valence-corrected chi connectivity index (χ4v) is 3.55. The van der Waals surface area contributed by atoms with E-state index < -0.39 is 11.5 Å². The van der Waals surface area contributed by atoms with E-state index in [9.17, 15) is 9.59 Å². The Balaban J connectivity index is 1.83. The van der Waals surface area contributed by atoms with Crippen LogP contribution in [0.1, 0.15) is 25.8 Å². The molecule has 1 aromatic heterocycles. The Kier molecular flexibility index (Phi) is 6.09. The normalized spacial score (nSPS) is 19.6. The van der Waals surface area contributed by atoms with E-state index in [0.29, 0.717) is 26.0 Å². The molecule has 1 fully saturated rings. The molecule has 2 heterocycles. The predicted molar refractivity (Wildman–Crippen MR) is 107 cm³/mol. The summed E-state index contributed by atoms with van der Waals surface area (Å²) in [5.74, 6) is -0.242. The second-order valence-corrected chi connectivity index (χ2v) is 7.73. The van der Waals surface area contributed by atoms with Gasteiger partial charge in [0.15, 0.2) is 5.60 Å². The lowest BCUT2D eigenvalue weighted by atomic mass is 9.90. The number of nitrogens with two attached hydrogens (primary N) is 1. The number of carbonyl (C=O) groups is 2. The van der Waals surface area contributed by atoms with E-state index in [1.807, 2.05) is 50.2 Å². The monoisotopic (exact) mass is 381 g/mol. The zero-order valence-corrected chi connectivity index (χ0v) is 16.4. The van der Waals surface area contributed by atoms with Gasteiger partial charge in [0.25, 0.3) is 5.91 Å². The molecule has 2 N–H and O–H groups in total. The molecule has 2 amide bonds. The molecule has 1 aliphatic heterocycles. The van der Waals surface area contributed by atoms with Gasteiger partial charge in [-0.3, -0.25) is 14.6 Å². The van der Waals surface area contributed by atoms with Gasteiger partial charge < -0.3 is 15.4 Å². The fraction of sp³-hybridized carbons (Fsp3) is 0.409. The number of nitrogens with zero attached hydrogens (tertiary/aromatic N) is 2. The third-order valence-electron chi connectivity index (χ3n) is 5.00. The highest BCUT2D eigenvalue weighted by Gasteiger charge is 2.43. The van der Waals surface area contributed by atoms with E-state index in [1.165, 1.54) is 0 Å². The van der Waals surface area contributed by atoms with Crippen LogP contribution in [0, 0.1) is 5.92 Å². The van der Waals surface area contributed by atoms with Crippen LogP contribution in [0.3, 0.4) is 0 Å². The minimum atomic E-state index is -1.21. The van der Waals surface area contributed by atoms with Gasteiger partial charge >= 0.3 is 0 Å². The highest BCUT2D eigenvalue weighted by Crippen LogP contribution is 2.27. The smallest absolute Gasteiger partial charge is 0.251 e. The lowest BCUT2D eigenvalue weighted by Crippen LogP contribution is -2.61. The van der Waals surface area contributed by atoms with Crippen molar-refractivity contribution < 1.29 is 14.3 Å². The average Bonchev–Trinajstić information content (AvgIpc) is 2.68. The number of pyridine rings is 1. The van der Waals surface area contributed by atoms with Crippen molar-refractivity contribution in [3.63, 3.8) is 0 Å². The predicted octanol–water partition coefficient (Wildman–Crippen LogP) is 2.42. The topological polar surface area (TPSA) is 85.5 Å². The molecule has 1 aliphatic rings. The van der Waals surface area contributed by atoms with Gasteiger partial charge in [-0.15, -0.1) is 0 Å². The second-order valence-electron chi connectivity index (χ2n) is 7.73. The molecular weight excluding hydrogens is 354 g/mol. The van der Waals surface area contributed by atoms with Gasteiger partial charge in [0.05, 0.1) is 13.2 Å². The first-order valence-electron chi connectivity index (χ1n) is 9.60. The number of hydrogen-bond acceptors (Lipinski definition) is 4. The van der Waals surface area contributed by atoms with Crippen LogP contribution in [0.2, 0.25) is 0 Å². The maximum absolute atomic E-state index is 12.5. The first-order valence-corrected chi connectivity index (χ1v) is 9.60. The first-order chi connectivity index (χ1) is 13.4. The van der Waals surface area contributed by atoms with E-state index in [0.717, 1.165) is 16.7 Å². The summed E-state index contributed by atoms with van der Waals surface area (Å²) in [4.78, 5) is 30.7. The molecule has 6 heteroatoms. The quantitative estimate of drug-likeness (QED) is 0.833. The molecule has 0 saturated carbocycles. The van der Waals surface area contributed by atoms with Crippen molar-refractivity contribution in [2.45, 2.75) is 32.3 Å². The Morgan fingerprint density at radius 1 is 1.21 bits per heavy atom. The summed E-state index contributed by atoms with van der Waals surface area (Å²) in [7, 11) is 0. The van der Waals surface area contributed by atoms with E-state index in [4.69, 9.17) is 10.5 Å². The molecule has 0 aliphatic carbocycles. The summed E-state index contributed by atoms with van der Waals surface area (Å²) < 4.78 is 5.88. The van der Waals surface area contributed by atoms with Crippen molar-refractivity contribution in [1.29, 1.82) is 0 Å². The molecule has 28 heavy (non-hydrogen) atoms. The van der Waals surface area contributed by atoms with Crippen LogP contribution < -0.4 is 5.73 Å². The van der Waals surface area contributed by atoms with Gasteiger partial charge in [-0.25, -0.2) is 0 Å². The third-order valence-corrected chi connectivity index (χ3v) is 5.00. The Morgan fingerprint density at radius 2 is 1.96 bits per heavy atom. The van der Waals surface area contributed by atoms with Crippen LogP contribution in [0.4, 0.5) is 0 Å². The molecule has 1 aromatic carbocycles. The number of benzene rings is 1. The maximum atomic E-state index is 12.5. The highest BCUT2D eigenvalue weighted by molar-refractivity contribution is 5.86. The maximum Gasteiger partial charge on any atom is 0.251 e. The van der Waals surface area contributed by atoms with Crippen molar-refractivity contribution in [3.8, 4) is 11.1 Å². The summed E-state index contributed by atoms with van der Waals surface area (Å²) in [6, 6.07) is 11.8. The Labute approximate surface area is 165 Å². The van der Waals surface area contributed by atoms with Crippen molar-refractivity contribution in [3.05, 3.63) is 54.4 Å². The van der Waals surface area contributed by atoms with Gasteiger partial charge in [-0.1, -0.05) is 38.1 Å².